The minimum atomic E-state index is -0.839. The van der Waals surface area contributed by atoms with E-state index in [0.717, 1.165) is 0 Å². The summed E-state index contributed by atoms with van der Waals surface area (Å²) in [5.74, 6) is -0.346. The average Bonchev–Trinajstić information content (AvgIpc) is 2.51. The van der Waals surface area contributed by atoms with Crippen LogP contribution < -0.4 is 15.7 Å². The molecule has 2 aromatic rings. The topological polar surface area (TPSA) is 90.1 Å². The van der Waals surface area contributed by atoms with Gasteiger partial charge in [0.15, 0.2) is 0 Å². The highest BCUT2D eigenvalue weighted by Gasteiger charge is 2.19. The Kier molecular flexibility index (Phi) is 5.80. The first-order valence-electron chi connectivity index (χ1n) is 7.99. The van der Waals surface area contributed by atoms with Gasteiger partial charge in [0.2, 0.25) is 0 Å². The molecule has 0 aliphatic rings. The average molecular weight is 346 g/mol. The van der Waals surface area contributed by atoms with Crippen molar-refractivity contribution in [3.05, 3.63) is 40.2 Å². The number of hydrogen-bond donors (Lipinski definition) is 1. The van der Waals surface area contributed by atoms with Gasteiger partial charge in [-0.2, -0.15) is 0 Å². The molecule has 7 heteroatoms. The molecule has 1 aromatic heterocycles. The Morgan fingerprint density at radius 3 is 2.56 bits per heavy atom. The van der Waals surface area contributed by atoms with Crippen molar-refractivity contribution in [2.24, 2.45) is 4.99 Å². The first kappa shape index (κ1) is 18.5. The van der Waals surface area contributed by atoms with Crippen LogP contribution in [0.1, 0.15) is 38.1 Å². The molecule has 1 heterocycles. The number of benzene rings is 1. The number of methoxy groups -OCH3 is 1. The van der Waals surface area contributed by atoms with Crippen molar-refractivity contribution in [1.29, 1.82) is 0 Å². The van der Waals surface area contributed by atoms with Crippen molar-refractivity contribution >= 4 is 23.0 Å². The van der Waals surface area contributed by atoms with Crippen LogP contribution in [0.25, 0.3) is 11.0 Å². The van der Waals surface area contributed by atoms with Gasteiger partial charge in [-0.3, -0.25) is 0 Å². The van der Waals surface area contributed by atoms with E-state index >= 15 is 0 Å². The summed E-state index contributed by atoms with van der Waals surface area (Å²) in [7, 11) is 1.50. The van der Waals surface area contributed by atoms with E-state index in [9.17, 15) is 9.59 Å². The number of hydrogen-bond acceptors (Lipinski definition) is 6. The van der Waals surface area contributed by atoms with Crippen LogP contribution in [0, 0.1) is 0 Å². The third kappa shape index (κ3) is 4.59. The Labute approximate surface area is 145 Å². The van der Waals surface area contributed by atoms with Gasteiger partial charge in [0, 0.05) is 12.1 Å². The maximum atomic E-state index is 12.4. The third-order valence-corrected chi connectivity index (χ3v) is 3.15. The zero-order valence-corrected chi connectivity index (χ0v) is 15.0. The van der Waals surface area contributed by atoms with Gasteiger partial charge in [0.05, 0.1) is 12.5 Å². The largest absolute Gasteiger partial charge is 0.496 e. The molecule has 0 aliphatic heterocycles. The van der Waals surface area contributed by atoms with E-state index in [2.05, 4.69) is 10.3 Å². The van der Waals surface area contributed by atoms with Crippen molar-refractivity contribution in [2.45, 2.75) is 39.8 Å². The number of aliphatic imine (C=N–C) groups is 1. The molecule has 1 N–H and O–H groups in total. The molecule has 134 valence electrons. The van der Waals surface area contributed by atoms with Gasteiger partial charge in [-0.05, 0) is 45.9 Å². The van der Waals surface area contributed by atoms with Crippen molar-refractivity contribution in [3.63, 3.8) is 0 Å². The van der Waals surface area contributed by atoms with Gasteiger partial charge < -0.3 is 19.2 Å². The van der Waals surface area contributed by atoms with E-state index in [1.807, 2.05) is 27.7 Å². The van der Waals surface area contributed by atoms with Gasteiger partial charge in [-0.1, -0.05) is 6.07 Å². The molecule has 2 rings (SSSR count). The summed E-state index contributed by atoms with van der Waals surface area (Å²) in [4.78, 5) is 28.8. The lowest BCUT2D eigenvalue weighted by molar-refractivity contribution is 0.0701. The second kappa shape index (κ2) is 7.83. The van der Waals surface area contributed by atoms with Crippen LogP contribution in [0.2, 0.25) is 0 Å². The summed E-state index contributed by atoms with van der Waals surface area (Å²) in [6.45, 7) is 7.48. The minimum absolute atomic E-state index is 0.0124. The van der Waals surface area contributed by atoms with Crippen LogP contribution in [0.5, 0.6) is 5.75 Å². The Morgan fingerprint density at radius 2 is 1.96 bits per heavy atom. The monoisotopic (exact) mass is 346 g/mol. The summed E-state index contributed by atoms with van der Waals surface area (Å²) in [5.41, 5.74) is -0.671. The molecule has 0 radical (unpaired) electrons. The van der Waals surface area contributed by atoms with E-state index in [-0.39, 0.29) is 23.7 Å². The number of carbonyl (C=O) groups excluding carboxylic acids is 1. The molecule has 25 heavy (non-hydrogen) atoms. The number of amidine groups is 1. The quantitative estimate of drug-likeness (QED) is 0.396. The van der Waals surface area contributed by atoms with Crippen molar-refractivity contribution in [2.75, 3.05) is 7.11 Å². The summed E-state index contributed by atoms with van der Waals surface area (Å²) < 4.78 is 15.7. The SMILES string of the molecule is COc1cccc2oc(=O)c(C(=O)OC(=NC(C)C)NC(C)C)cc12. The van der Waals surface area contributed by atoms with Gasteiger partial charge >= 0.3 is 11.6 Å². The number of nitrogens with zero attached hydrogens (tertiary/aromatic N) is 1. The van der Waals surface area contributed by atoms with Gasteiger partial charge in [0.1, 0.15) is 16.9 Å². The molecule has 0 spiro atoms. The summed E-state index contributed by atoms with van der Waals surface area (Å²) in [6, 6.07) is 6.44. The van der Waals surface area contributed by atoms with E-state index in [0.29, 0.717) is 16.7 Å². The molecule has 0 bridgehead atoms. The number of rotatable bonds is 4. The summed E-state index contributed by atoms with van der Waals surface area (Å²) in [5, 5.41) is 3.45. The van der Waals surface area contributed by atoms with Crippen LogP contribution in [0.15, 0.2) is 38.5 Å². The second-order valence-corrected chi connectivity index (χ2v) is 6.04. The standard InChI is InChI=1S/C18H22N2O5/c1-10(2)19-18(20-11(3)4)25-17(22)13-9-12-14(23-5)7-6-8-15(12)24-16(13)21/h6-11H,1-5H3,(H,19,20). The zero-order chi connectivity index (χ0) is 18.6. The molecule has 0 aliphatic carbocycles. The minimum Gasteiger partial charge on any atom is -0.496 e. The van der Waals surface area contributed by atoms with E-state index in [1.165, 1.54) is 13.2 Å². The fourth-order valence-electron chi connectivity index (χ4n) is 2.15. The maximum Gasteiger partial charge on any atom is 0.353 e. The predicted octanol–water partition coefficient (Wildman–Crippen LogP) is 2.72. The van der Waals surface area contributed by atoms with Crippen LogP contribution in [-0.4, -0.2) is 31.2 Å². The molecule has 0 saturated carbocycles. The van der Waals surface area contributed by atoms with E-state index in [4.69, 9.17) is 13.9 Å². The third-order valence-electron chi connectivity index (χ3n) is 3.15. The highest BCUT2D eigenvalue weighted by atomic mass is 16.6. The van der Waals surface area contributed by atoms with Gasteiger partial charge in [0.25, 0.3) is 6.02 Å². The number of fused-ring (bicyclic) bond motifs is 1. The molecule has 7 nitrogen and oxygen atoms in total. The van der Waals surface area contributed by atoms with Crippen LogP contribution >= 0.6 is 0 Å². The first-order chi connectivity index (χ1) is 11.8. The number of ether oxygens (including phenoxy) is 2. The highest BCUT2D eigenvalue weighted by Crippen LogP contribution is 2.25. The van der Waals surface area contributed by atoms with Crippen LogP contribution in [-0.2, 0) is 4.74 Å². The Bertz CT molecular complexity index is 852. The van der Waals surface area contributed by atoms with Crippen molar-refractivity contribution in [3.8, 4) is 5.75 Å². The van der Waals surface area contributed by atoms with E-state index < -0.39 is 11.6 Å². The van der Waals surface area contributed by atoms with Crippen molar-refractivity contribution < 1.29 is 18.7 Å². The Hall–Kier alpha value is -2.83. The molecular weight excluding hydrogens is 324 g/mol. The molecule has 0 unspecified atom stereocenters. The molecular formula is C18H22N2O5. The smallest absolute Gasteiger partial charge is 0.353 e. The van der Waals surface area contributed by atoms with Gasteiger partial charge in [-0.25, -0.2) is 14.6 Å². The molecule has 0 saturated heterocycles. The fraction of sp³-hybridized carbons (Fsp3) is 0.389. The summed E-state index contributed by atoms with van der Waals surface area (Å²) in [6.07, 6.45) is 0. The highest BCUT2D eigenvalue weighted by molar-refractivity contribution is 6.00. The molecule has 0 amide bonds. The van der Waals surface area contributed by atoms with E-state index in [1.54, 1.807) is 18.2 Å². The lowest BCUT2D eigenvalue weighted by Crippen LogP contribution is -2.35. The summed E-state index contributed by atoms with van der Waals surface area (Å²) >= 11 is 0. The zero-order valence-electron chi connectivity index (χ0n) is 15.0. The van der Waals surface area contributed by atoms with Crippen molar-refractivity contribution in [1.82, 2.24) is 5.32 Å². The molecule has 0 atom stereocenters. The number of esters is 1. The lowest BCUT2D eigenvalue weighted by atomic mass is 10.1. The fourth-order valence-corrected chi connectivity index (χ4v) is 2.15. The maximum absolute atomic E-state index is 12.4. The molecule has 1 aromatic carbocycles. The molecule has 0 fully saturated rings. The number of nitrogens with one attached hydrogen (secondary N) is 1. The number of carbonyl (C=O) groups is 1. The first-order valence-corrected chi connectivity index (χ1v) is 7.99. The Balaban J connectivity index is 2.41. The van der Waals surface area contributed by atoms with Crippen LogP contribution in [0.3, 0.4) is 0 Å². The van der Waals surface area contributed by atoms with Gasteiger partial charge in [-0.15, -0.1) is 0 Å². The normalized spacial score (nSPS) is 11.9. The van der Waals surface area contributed by atoms with Crippen LogP contribution in [0.4, 0.5) is 0 Å². The Morgan fingerprint density at radius 1 is 1.24 bits per heavy atom. The lowest BCUT2D eigenvalue weighted by Gasteiger charge is -2.13. The second-order valence-electron chi connectivity index (χ2n) is 6.04. The predicted molar refractivity (Wildman–Crippen MR) is 95.3 cm³/mol.